The molecule has 0 fully saturated rings. The van der Waals surface area contributed by atoms with Gasteiger partial charge in [-0.15, -0.1) is 0 Å². The van der Waals surface area contributed by atoms with E-state index in [0.29, 0.717) is 5.75 Å². The SMILES string of the molecule is CCc1ccc(C(C)C(=O)NCC(O)c2cccc(OC)c2)cc1. The number of aliphatic hydroxyl groups is 1. The third kappa shape index (κ3) is 4.59. The van der Waals surface area contributed by atoms with Crippen LogP contribution in [0.1, 0.15) is 42.6 Å². The zero-order chi connectivity index (χ0) is 17.5. The quantitative estimate of drug-likeness (QED) is 0.821. The monoisotopic (exact) mass is 327 g/mol. The molecule has 0 aliphatic rings. The molecule has 0 radical (unpaired) electrons. The molecule has 2 atom stereocenters. The van der Waals surface area contributed by atoms with Gasteiger partial charge in [0.05, 0.1) is 19.1 Å². The van der Waals surface area contributed by atoms with E-state index in [4.69, 9.17) is 4.74 Å². The van der Waals surface area contributed by atoms with E-state index in [1.54, 1.807) is 13.2 Å². The van der Waals surface area contributed by atoms with Gasteiger partial charge in [-0.25, -0.2) is 0 Å². The second-order valence-corrected chi connectivity index (χ2v) is 5.85. The number of hydrogen-bond donors (Lipinski definition) is 2. The minimum absolute atomic E-state index is 0.0961. The van der Waals surface area contributed by atoms with Crippen LogP contribution in [0.25, 0.3) is 0 Å². The highest BCUT2D eigenvalue weighted by molar-refractivity contribution is 5.83. The number of hydrogen-bond acceptors (Lipinski definition) is 3. The third-order valence-electron chi connectivity index (χ3n) is 4.23. The number of aryl methyl sites for hydroxylation is 1. The molecule has 128 valence electrons. The number of amides is 1. The summed E-state index contributed by atoms with van der Waals surface area (Å²) >= 11 is 0. The highest BCUT2D eigenvalue weighted by Crippen LogP contribution is 2.20. The first-order valence-electron chi connectivity index (χ1n) is 8.23. The van der Waals surface area contributed by atoms with Gasteiger partial charge >= 0.3 is 0 Å². The molecule has 0 saturated carbocycles. The fourth-order valence-electron chi connectivity index (χ4n) is 2.51. The van der Waals surface area contributed by atoms with E-state index in [1.807, 2.05) is 49.4 Å². The molecule has 0 saturated heterocycles. The van der Waals surface area contributed by atoms with Gasteiger partial charge in [0.25, 0.3) is 0 Å². The predicted octanol–water partition coefficient (Wildman–Crippen LogP) is 3.21. The number of methoxy groups -OCH3 is 1. The molecule has 0 aromatic heterocycles. The van der Waals surface area contributed by atoms with Gasteiger partial charge in [-0.1, -0.05) is 43.3 Å². The molecule has 0 spiro atoms. The van der Waals surface area contributed by atoms with Crippen molar-refractivity contribution in [1.82, 2.24) is 5.32 Å². The summed E-state index contributed by atoms with van der Waals surface area (Å²) in [7, 11) is 1.58. The first-order valence-corrected chi connectivity index (χ1v) is 8.23. The van der Waals surface area contributed by atoms with E-state index >= 15 is 0 Å². The molecule has 0 heterocycles. The maximum absolute atomic E-state index is 12.3. The van der Waals surface area contributed by atoms with Crippen molar-refractivity contribution >= 4 is 5.91 Å². The van der Waals surface area contributed by atoms with Crippen molar-refractivity contribution in [1.29, 1.82) is 0 Å². The van der Waals surface area contributed by atoms with Crippen molar-refractivity contribution in [3.05, 3.63) is 65.2 Å². The standard InChI is InChI=1S/C20H25NO3/c1-4-15-8-10-16(11-9-15)14(2)20(23)21-13-19(22)17-6-5-7-18(12-17)24-3/h5-12,14,19,22H,4,13H2,1-3H3,(H,21,23). The average Bonchev–Trinajstić information content (AvgIpc) is 2.65. The van der Waals surface area contributed by atoms with E-state index in [-0.39, 0.29) is 18.4 Å². The maximum atomic E-state index is 12.3. The zero-order valence-corrected chi connectivity index (χ0v) is 14.5. The van der Waals surface area contributed by atoms with Crippen LogP contribution >= 0.6 is 0 Å². The topological polar surface area (TPSA) is 58.6 Å². The molecule has 2 aromatic carbocycles. The number of rotatable bonds is 7. The lowest BCUT2D eigenvalue weighted by Crippen LogP contribution is -2.31. The molecular weight excluding hydrogens is 302 g/mol. The fourth-order valence-corrected chi connectivity index (χ4v) is 2.51. The summed E-state index contributed by atoms with van der Waals surface area (Å²) in [6.45, 7) is 4.14. The Morgan fingerprint density at radius 3 is 2.50 bits per heavy atom. The lowest BCUT2D eigenvalue weighted by atomic mass is 9.98. The van der Waals surface area contributed by atoms with Crippen molar-refractivity contribution in [3.8, 4) is 5.75 Å². The molecule has 0 bridgehead atoms. The van der Waals surface area contributed by atoms with Gasteiger partial charge in [0.15, 0.2) is 0 Å². The van der Waals surface area contributed by atoms with Crippen molar-refractivity contribution in [2.24, 2.45) is 0 Å². The van der Waals surface area contributed by atoms with E-state index in [9.17, 15) is 9.90 Å². The average molecular weight is 327 g/mol. The van der Waals surface area contributed by atoms with E-state index in [1.165, 1.54) is 5.56 Å². The summed E-state index contributed by atoms with van der Waals surface area (Å²) in [6.07, 6.45) is 0.215. The van der Waals surface area contributed by atoms with Crippen LogP contribution in [-0.2, 0) is 11.2 Å². The van der Waals surface area contributed by atoms with Gasteiger partial charge in [0.2, 0.25) is 5.91 Å². The van der Waals surface area contributed by atoms with Crippen LogP contribution in [0.15, 0.2) is 48.5 Å². The minimum atomic E-state index is -0.765. The first-order chi connectivity index (χ1) is 11.5. The summed E-state index contributed by atoms with van der Waals surface area (Å²) in [5.74, 6) is 0.330. The molecule has 2 aromatic rings. The Hall–Kier alpha value is -2.33. The lowest BCUT2D eigenvalue weighted by molar-refractivity contribution is -0.122. The van der Waals surface area contributed by atoms with Crippen LogP contribution in [-0.4, -0.2) is 24.7 Å². The van der Waals surface area contributed by atoms with Gasteiger partial charge in [-0.05, 0) is 42.2 Å². The van der Waals surface area contributed by atoms with Crippen molar-refractivity contribution < 1.29 is 14.6 Å². The molecule has 2 N–H and O–H groups in total. The van der Waals surface area contributed by atoms with Crippen LogP contribution in [0, 0.1) is 0 Å². The molecule has 0 aliphatic carbocycles. The molecule has 2 rings (SSSR count). The molecule has 2 unspecified atom stereocenters. The largest absolute Gasteiger partial charge is 0.497 e. The van der Waals surface area contributed by atoms with Crippen LogP contribution in [0.5, 0.6) is 5.75 Å². The van der Waals surface area contributed by atoms with Crippen LogP contribution in [0.3, 0.4) is 0 Å². The summed E-state index contributed by atoms with van der Waals surface area (Å²) in [6, 6.07) is 15.3. The Bertz CT molecular complexity index is 667. The Labute approximate surface area is 143 Å². The number of benzene rings is 2. The van der Waals surface area contributed by atoms with E-state index < -0.39 is 6.10 Å². The lowest BCUT2D eigenvalue weighted by Gasteiger charge is -2.16. The Morgan fingerprint density at radius 1 is 1.17 bits per heavy atom. The number of ether oxygens (including phenoxy) is 1. The summed E-state index contributed by atoms with van der Waals surface area (Å²) in [5.41, 5.74) is 2.94. The van der Waals surface area contributed by atoms with Crippen molar-refractivity contribution in [2.45, 2.75) is 32.3 Å². The smallest absolute Gasteiger partial charge is 0.227 e. The van der Waals surface area contributed by atoms with Gasteiger partial charge in [-0.3, -0.25) is 4.79 Å². The third-order valence-corrected chi connectivity index (χ3v) is 4.23. The number of aliphatic hydroxyl groups excluding tert-OH is 1. The molecule has 1 amide bonds. The summed E-state index contributed by atoms with van der Waals surface area (Å²) < 4.78 is 5.15. The fraction of sp³-hybridized carbons (Fsp3) is 0.350. The van der Waals surface area contributed by atoms with Gasteiger partial charge < -0.3 is 15.2 Å². The van der Waals surface area contributed by atoms with Crippen LogP contribution < -0.4 is 10.1 Å². The molecule has 24 heavy (non-hydrogen) atoms. The predicted molar refractivity (Wildman–Crippen MR) is 95.2 cm³/mol. The van der Waals surface area contributed by atoms with Gasteiger partial charge in [-0.2, -0.15) is 0 Å². The number of nitrogens with one attached hydrogen (secondary N) is 1. The normalized spacial score (nSPS) is 13.2. The number of carbonyl (C=O) groups excluding carboxylic acids is 1. The molecular formula is C20H25NO3. The maximum Gasteiger partial charge on any atom is 0.227 e. The van der Waals surface area contributed by atoms with Crippen LogP contribution in [0.2, 0.25) is 0 Å². The van der Waals surface area contributed by atoms with Crippen molar-refractivity contribution in [2.75, 3.05) is 13.7 Å². The highest BCUT2D eigenvalue weighted by atomic mass is 16.5. The second-order valence-electron chi connectivity index (χ2n) is 5.85. The minimum Gasteiger partial charge on any atom is -0.497 e. The Morgan fingerprint density at radius 2 is 1.88 bits per heavy atom. The van der Waals surface area contributed by atoms with Gasteiger partial charge in [0.1, 0.15) is 5.75 Å². The Balaban J connectivity index is 1.93. The zero-order valence-electron chi connectivity index (χ0n) is 14.5. The van der Waals surface area contributed by atoms with Gasteiger partial charge in [0, 0.05) is 6.54 Å². The molecule has 4 heteroatoms. The molecule has 0 aliphatic heterocycles. The van der Waals surface area contributed by atoms with E-state index in [2.05, 4.69) is 12.2 Å². The highest BCUT2D eigenvalue weighted by Gasteiger charge is 2.17. The number of carbonyl (C=O) groups is 1. The second kappa shape index (κ2) is 8.50. The van der Waals surface area contributed by atoms with Crippen LogP contribution in [0.4, 0.5) is 0 Å². The van der Waals surface area contributed by atoms with E-state index in [0.717, 1.165) is 17.5 Å². The molecule has 4 nitrogen and oxygen atoms in total. The first kappa shape index (κ1) is 18.0. The Kier molecular flexibility index (Phi) is 6.38. The summed E-state index contributed by atoms with van der Waals surface area (Å²) in [5, 5.41) is 13.1. The van der Waals surface area contributed by atoms with Crippen molar-refractivity contribution in [3.63, 3.8) is 0 Å². The summed E-state index contributed by atoms with van der Waals surface area (Å²) in [4.78, 5) is 12.3.